The van der Waals surface area contributed by atoms with Gasteiger partial charge in [0.25, 0.3) is 5.91 Å². The maximum absolute atomic E-state index is 12.4. The first kappa shape index (κ1) is 13.1. The highest BCUT2D eigenvalue weighted by Gasteiger charge is 2.27. The predicted molar refractivity (Wildman–Crippen MR) is 82.9 cm³/mol. The van der Waals surface area contributed by atoms with Gasteiger partial charge in [0.2, 0.25) is 0 Å². The lowest BCUT2D eigenvalue weighted by molar-refractivity contribution is -0.114. The molecule has 2 heterocycles. The summed E-state index contributed by atoms with van der Waals surface area (Å²) >= 11 is 0. The summed E-state index contributed by atoms with van der Waals surface area (Å²) in [6, 6.07) is 13.0. The lowest BCUT2D eigenvalue weighted by Crippen LogP contribution is -2.21. The Bertz CT molecular complexity index is 725. The van der Waals surface area contributed by atoms with E-state index in [-0.39, 0.29) is 5.91 Å². The van der Waals surface area contributed by atoms with Gasteiger partial charge in [-0.15, -0.1) is 0 Å². The van der Waals surface area contributed by atoms with Crippen molar-refractivity contribution in [1.82, 2.24) is 0 Å². The zero-order valence-electron chi connectivity index (χ0n) is 11.6. The number of amides is 1. The monoisotopic (exact) mass is 278 g/mol. The van der Waals surface area contributed by atoms with E-state index in [1.807, 2.05) is 49.4 Å². The van der Waals surface area contributed by atoms with Crippen LogP contribution in [0.3, 0.4) is 0 Å². The highest BCUT2D eigenvalue weighted by molar-refractivity contribution is 6.29. The third-order valence-corrected chi connectivity index (χ3v) is 3.13. The Hall–Kier alpha value is -2.88. The molecule has 2 aromatic rings. The second kappa shape index (κ2) is 5.63. The molecule has 0 aliphatic carbocycles. The molecular formula is C17H14N2O2. The van der Waals surface area contributed by atoms with Gasteiger partial charge >= 0.3 is 0 Å². The van der Waals surface area contributed by atoms with Crippen LogP contribution >= 0.6 is 0 Å². The standard InChI is InChI=1S/C17H14N2O2/c1-13-16(11-5-9-15-10-6-12-21-15)17(20)19(18-13)14-7-3-2-4-8-14/h2-12H,1H3. The van der Waals surface area contributed by atoms with E-state index < -0.39 is 0 Å². The number of para-hydroxylation sites is 1. The Balaban J connectivity index is 1.82. The Kier molecular flexibility index (Phi) is 3.51. The SMILES string of the molecule is CC1=NN(c2ccccc2)C(=O)C1=CC=Cc1ccco1. The van der Waals surface area contributed by atoms with Crippen LogP contribution in [0.1, 0.15) is 12.7 Å². The molecule has 3 rings (SSSR count). The lowest BCUT2D eigenvalue weighted by atomic mass is 10.1. The number of allylic oxidation sites excluding steroid dienone is 2. The number of hydrogen-bond donors (Lipinski definition) is 0. The summed E-state index contributed by atoms with van der Waals surface area (Å²) in [6.07, 6.45) is 6.96. The van der Waals surface area contributed by atoms with E-state index >= 15 is 0 Å². The summed E-state index contributed by atoms with van der Waals surface area (Å²) in [7, 11) is 0. The molecule has 0 radical (unpaired) electrons. The van der Waals surface area contributed by atoms with Crippen molar-refractivity contribution in [2.45, 2.75) is 6.92 Å². The molecule has 1 amide bonds. The molecule has 1 aliphatic heterocycles. The quantitative estimate of drug-likeness (QED) is 0.805. The van der Waals surface area contributed by atoms with Gasteiger partial charge in [0.05, 0.1) is 23.2 Å². The van der Waals surface area contributed by atoms with Gasteiger partial charge < -0.3 is 4.42 Å². The molecular weight excluding hydrogens is 264 g/mol. The number of furan rings is 1. The van der Waals surface area contributed by atoms with Gasteiger partial charge in [0, 0.05) is 0 Å². The fourth-order valence-electron chi connectivity index (χ4n) is 2.08. The zero-order chi connectivity index (χ0) is 14.7. The van der Waals surface area contributed by atoms with Gasteiger partial charge in [0.1, 0.15) is 5.76 Å². The van der Waals surface area contributed by atoms with Crippen LogP contribution in [-0.2, 0) is 4.79 Å². The molecule has 1 aromatic carbocycles. The Labute approximate surface area is 122 Å². The van der Waals surface area contributed by atoms with E-state index in [4.69, 9.17) is 4.42 Å². The summed E-state index contributed by atoms with van der Waals surface area (Å²) in [6.45, 7) is 1.83. The maximum Gasteiger partial charge on any atom is 0.280 e. The molecule has 4 heteroatoms. The number of hydrazone groups is 1. The first-order valence-electron chi connectivity index (χ1n) is 6.62. The van der Waals surface area contributed by atoms with Crippen molar-refractivity contribution in [1.29, 1.82) is 0 Å². The zero-order valence-corrected chi connectivity index (χ0v) is 11.6. The highest BCUT2D eigenvalue weighted by Crippen LogP contribution is 2.23. The van der Waals surface area contributed by atoms with E-state index in [1.54, 1.807) is 24.5 Å². The molecule has 0 N–H and O–H groups in total. The number of benzene rings is 1. The van der Waals surface area contributed by atoms with E-state index in [1.165, 1.54) is 5.01 Å². The minimum atomic E-state index is -0.122. The van der Waals surface area contributed by atoms with Crippen LogP contribution in [0.5, 0.6) is 0 Å². The Morgan fingerprint density at radius 2 is 1.95 bits per heavy atom. The van der Waals surface area contributed by atoms with Crippen molar-refractivity contribution < 1.29 is 9.21 Å². The number of hydrogen-bond acceptors (Lipinski definition) is 3. The summed E-state index contributed by atoms with van der Waals surface area (Å²) in [5.41, 5.74) is 2.05. The summed E-state index contributed by atoms with van der Waals surface area (Å²) in [5, 5.41) is 5.73. The number of carbonyl (C=O) groups excluding carboxylic acids is 1. The molecule has 0 saturated carbocycles. The molecule has 4 nitrogen and oxygen atoms in total. The van der Waals surface area contributed by atoms with Crippen LogP contribution in [-0.4, -0.2) is 11.6 Å². The van der Waals surface area contributed by atoms with Crippen LogP contribution in [0.2, 0.25) is 0 Å². The summed E-state index contributed by atoms with van der Waals surface area (Å²) in [5.74, 6) is 0.620. The average molecular weight is 278 g/mol. The Morgan fingerprint density at radius 1 is 1.14 bits per heavy atom. The average Bonchev–Trinajstić information content (AvgIpc) is 3.11. The smallest absolute Gasteiger partial charge is 0.280 e. The second-order valence-electron chi connectivity index (χ2n) is 4.59. The van der Waals surface area contributed by atoms with Crippen LogP contribution in [0, 0.1) is 0 Å². The van der Waals surface area contributed by atoms with Gasteiger partial charge in [-0.05, 0) is 43.3 Å². The van der Waals surface area contributed by atoms with Gasteiger partial charge in [-0.1, -0.05) is 24.3 Å². The summed E-state index contributed by atoms with van der Waals surface area (Å²) < 4.78 is 5.20. The van der Waals surface area contributed by atoms with E-state index in [2.05, 4.69) is 5.10 Å². The molecule has 104 valence electrons. The number of nitrogens with zero attached hydrogens (tertiary/aromatic N) is 2. The number of rotatable bonds is 3. The van der Waals surface area contributed by atoms with Crippen molar-refractivity contribution in [3.63, 3.8) is 0 Å². The fraction of sp³-hybridized carbons (Fsp3) is 0.0588. The molecule has 0 spiro atoms. The molecule has 0 bridgehead atoms. The van der Waals surface area contributed by atoms with Crippen molar-refractivity contribution in [3.05, 3.63) is 72.2 Å². The van der Waals surface area contributed by atoms with Crippen molar-refractivity contribution in [2.24, 2.45) is 5.10 Å². The first-order valence-corrected chi connectivity index (χ1v) is 6.62. The van der Waals surface area contributed by atoms with E-state index in [0.29, 0.717) is 11.3 Å². The van der Waals surface area contributed by atoms with Crippen molar-refractivity contribution in [3.8, 4) is 0 Å². The molecule has 0 fully saturated rings. The predicted octanol–water partition coefficient (Wildman–Crippen LogP) is 3.64. The van der Waals surface area contributed by atoms with E-state index in [0.717, 1.165) is 11.4 Å². The molecule has 0 unspecified atom stereocenters. The van der Waals surface area contributed by atoms with Crippen LogP contribution in [0.15, 0.2) is 76.0 Å². The van der Waals surface area contributed by atoms with Gasteiger partial charge in [-0.2, -0.15) is 10.1 Å². The van der Waals surface area contributed by atoms with Crippen LogP contribution in [0.25, 0.3) is 6.08 Å². The van der Waals surface area contributed by atoms with Crippen LogP contribution in [0.4, 0.5) is 5.69 Å². The summed E-state index contributed by atoms with van der Waals surface area (Å²) in [4.78, 5) is 12.4. The molecule has 1 aromatic heterocycles. The number of carbonyl (C=O) groups is 1. The normalized spacial score (nSPS) is 17.0. The third-order valence-electron chi connectivity index (χ3n) is 3.13. The molecule has 1 aliphatic rings. The maximum atomic E-state index is 12.4. The number of anilines is 1. The highest BCUT2D eigenvalue weighted by atomic mass is 16.3. The van der Waals surface area contributed by atoms with E-state index in [9.17, 15) is 4.79 Å². The van der Waals surface area contributed by atoms with Crippen LogP contribution < -0.4 is 5.01 Å². The minimum absolute atomic E-state index is 0.122. The molecule has 0 atom stereocenters. The molecule has 21 heavy (non-hydrogen) atoms. The van der Waals surface area contributed by atoms with Crippen molar-refractivity contribution in [2.75, 3.05) is 5.01 Å². The lowest BCUT2D eigenvalue weighted by Gasteiger charge is -2.10. The Morgan fingerprint density at radius 3 is 2.67 bits per heavy atom. The van der Waals surface area contributed by atoms with Gasteiger partial charge in [-0.3, -0.25) is 4.79 Å². The minimum Gasteiger partial charge on any atom is -0.465 e. The fourth-order valence-corrected chi connectivity index (χ4v) is 2.08. The largest absolute Gasteiger partial charge is 0.465 e. The topological polar surface area (TPSA) is 45.8 Å². The second-order valence-corrected chi connectivity index (χ2v) is 4.59. The molecule has 0 saturated heterocycles. The van der Waals surface area contributed by atoms with Crippen molar-refractivity contribution >= 4 is 23.4 Å². The van der Waals surface area contributed by atoms with Gasteiger partial charge in [0.15, 0.2) is 0 Å². The van der Waals surface area contributed by atoms with Gasteiger partial charge in [-0.25, -0.2) is 0 Å². The third kappa shape index (κ3) is 2.69. The first-order chi connectivity index (χ1) is 10.3.